The number of fused-ring (bicyclic) bond motifs is 1. The van der Waals surface area contributed by atoms with Gasteiger partial charge in [-0.05, 0) is 61.8 Å². The lowest BCUT2D eigenvalue weighted by atomic mass is 9.78. The van der Waals surface area contributed by atoms with Crippen molar-refractivity contribution in [3.63, 3.8) is 0 Å². The summed E-state index contributed by atoms with van der Waals surface area (Å²) in [6.45, 7) is 16.7. The van der Waals surface area contributed by atoms with Crippen molar-refractivity contribution in [2.75, 3.05) is 11.9 Å². The SMILES string of the molecule is C=C(CCC)Nc1sc2c(c1C(=C)NCC1CC1)CC(C(C)CC)CC2. The van der Waals surface area contributed by atoms with Gasteiger partial charge in [0, 0.05) is 28.4 Å². The molecule has 0 spiro atoms. The van der Waals surface area contributed by atoms with E-state index in [1.165, 1.54) is 49.1 Å². The van der Waals surface area contributed by atoms with Crippen LogP contribution in [0.2, 0.25) is 0 Å². The standard InChI is InChI=1S/C23H36N2S/c1-6-8-16(4)25-23-22(17(5)24-14-18-9-10-18)20-13-19(15(3)7-2)11-12-21(20)26-23/h15,18-19,24-25H,4-14H2,1-3H3. The number of nitrogens with one attached hydrogen (secondary N) is 2. The maximum absolute atomic E-state index is 4.43. The second kappa shape index (κ2) is 8.65. The Balaban J connectivity index is 1.85. The van der Waals surface area contributed by atoms with Crippen LogP contribution in [0.3, 0.4) is 0 Å². The Kier molecular flexibility index (Phi) is 6.50. The molecule has 26 heavy (non-hydrogen) atoms. The summed E-state index contributed by atoms with van der Waals surface area (Å²) in [5, 5.41) is 8.55. The van der Waals surface area contributed by atoms with Gasteiger partial charge in [0.2, 0.25) is 0 Å². The number of anilines is 1. The van der Waals surface area contributed by atoms with Crippen molar-refractivity contribution in [1.29, 1.82) is 0 Å². The van der Waals surface area contributed by atoms with Crippen molar-refractivity contribution >= 4 is 22.0 Å². The molecule has 1 fully saturated rings. The quantitative estimate of drug-likeness (QED) is 0.484. The zero-order valence-corrected chi connectivity index (χ0v) is 17.7. The minimum atomic E-state index is 0.801. The molecule has 0 aliphatic heterocycles. The van der Waals surface area contributed by atoms with Crippen LogP contribution in [-0.2, 0) is 12.8 Å². The highest BCUT2D eigenvalue weighted by Gasteiger charge is 2.30. The molecule has 1 saturated carbocycles. The maximum atomic E-state index is 4.43. The van der Waals surface area contributed by atoms with Crippen LogP contribution in [0, 0.1) is 17.8 Å². The molecule has 144 valence electrons. The van der Waals surface area contributed by atoms with E-state index < -0.39 is 0 Å². The second-order valence-electron chi connectivity index (χ2n) is 8.38. The number of allylic oxidation sites excluding steroid dienone is 1. The summed E-state index contributed by atoms with van der Waals surface area (Å²) < 4.78 is 0. The van der Waals surface area contributed by atoms with Crippen LogP contribution >= 0.6 is 11.3 Å². The Morgan fingerprint density at radius 3 is 2.65 bits per heavy atom. The van der Waals surface area contributed by atoms with Crippen molar-refractivity contribution in [2.24, 2.45) is 17.8 Å². The topological polar surface area (TPSA) is 24.1 Å². The normalized spacial score (nSPS) is 20.3. The van der Waals surface area contributed by atoms with Gasteiger partial charge >= 0.3 is 0 Å². The van der Waals surface area contributed by atoms with E-state index in [1.54, 1.807) is 10.4 Å². The Bertz CT molecular complexity index is 653. The van der Waals surface area contributed by atoms with Crippen LogP contribution in [0.15, 0.2) is 18.9 Å². The Labute approximate surface area is 164 Å². The summed E-state index contributed by atoms with van der Waals surface area (Å²) in [7, 11) is 0. The maximum Gasteiger partial charge on any atom is 0.102 e. The third kappa shape index (κ3) is 4.54. The summed E-state index contributed by atoms with van der Waals surface area (Å²) in [5.74, 6) is 2.47. The van der Waals surface area contributed by atoms with Crippen LogP contribution in [0.5, 0.6) is 0 Å². The predicted molar refractivity (Wildman–Crippen MR) is 117 cm³/mol. The van der Waals surface area contributed by atoms with Gasteiger partial charge in [-0.1, -0.05) is 46.8 Å². The number of hydrogen-bond acceptors (Lipinski definition) is 3. The van der Waals surface area contributed by atoms with Gasteiger partial charge in [0.05, 0.1) is 0 Å². The lowest BCUT2D eigenvalue weighted by Gasteiger charge is -2.28. The average Bonchev–Trinajstić information content (AvgIpc) is 3.39. The first-order valence-corrected chi connectivity index (χ1v) is 11.4. The van der Waals surface area contributed by atoms with Crippen molar-refractivity contribution in [3.05, 3.63) is 34.9 Å². The molecule has 3 rings (SSSR count). The molecule has 0 radical (unpaired) electrons. The van der Waals surface area contributed by atoms with Gasteiger partial charge in [-0.15, -0.1) is 11.3 Å². The van der Waals surface area contributed by atoms with Crippen LogP contribution in [0.1, 0.15) is 75.3 Å². The average molecular weight is 373 g/mol. The fourth-order valence-electron chi connectivity index (χ4n) is 4.04. The fraction of sp³-hybridized carbons (Fsp3) is 0.652. The predicted octanol–water partition coefficient (Wildman–Crippen LogP) is 6.60. The summed E-state index contributed by atoms with van der Waals surface area (Å²) in [6, 6.07) is 0. The van der Waals surface area contributed by atoms with Gasteiger partial charge < -0.3 is 10.6 Å². The molecule has 0 bridgehead atoms. The van der Waals surface area contributed by atoms with E-state index >= 15 is 0 Å². The van der Waals surface area contributed by atoms with E-state index in [-0.39, 0.29) is 0 Å². The molecule has 2 nitrogen and oxygen atoms in total. The molecule has 2 aliphatic rings. The third-order valence-electron chi connectivity index (χ3n) is 6.19. The molecule has 2 aliphatic carbocycles. The van der Waals surface area contributed by atoms with E-state index in [1.807, 2.05) is 11.3 Å². The van der Waals surface area contributed by atoms with Crippen LogP contribution in [0.25, 0.3) is 5.70 Å². The molecular weight excluding hydrogens is 336 g/mol. The number of rotatable bonds is 10. The first kappa shape index (κ1) is 19.5. The van der Waals surface area contributed by atoms with E-state index in [2.05, 4.69) is 44.6 Å². The molecule has 2 unspecified atom stereocenters. The van der Waals surface area contributed by atoms with Gasteiger partial charge in [0.25, 0.3) is 0 Å². The van der Waals surface area contributed by atoms with Gasteiger partial charge in [-0.3, -0.25) is 0 Å². The number of hydrogen-bond donors (Lipinski definition) is 2. The Morgan fingerprint density at radius 1 is 1.23 bits per heavy atom. The molecular formula is C23H36N2S. The van der Waals surface area contributed by atoms with Gasteiger partial charge in [-0.25, -0.2) is 0 Å². The lowest BCUT2D eigenvalue weighted by molar-refractivity contribution is 0.314. The second-order valence-corrected chi connectivity index (χ2v) is 9.48. The molecule has 0 saturated heterocycles. The number of thiophene rings is 1. The zero-order valence-electron chi connectivity index (χ0n) is 16.9. The summed E-state index contributed by atoms with van der Waals surface area (Å²) in [5.41, 5.74) is 5.16. The van der Waals surface area contributed by atoms with E-state index in [0.29, 0.717) is 0 Å². The number of aryl methyl sites for hydroxylation is 1. The first-order valence-electron chi connectivity index (χ1n) is 10.6. The molecule has 1 aromatic rings. The van der Waals surface area contributed by atoms with Crippen molar-refractivity contribution < 1.29 is 0 Å². The summed E-state index contributed by atoms with van der Waals surface area (Å²) in [4.78, 5) is 1.57. The van der Waals surface area contributed by atoms with Gasteiger partial charge in [0.1, 0.15) is 5.00 Å². The zero-order chi connectivity index (χ0) is 18.7. The molecule has 2 atom stereocenters. The first-order chi connectivity index (χ1) is 12.5. The molecule has 2 N–H and O–H groups in total. The van der Waals surface area contributed by atoms with Gasteiger partial charge in [-0.2, -0.15) is 0 Å². The molecule has 1 aromatic heterocycles. The van der Waals surface area contributed by atoms with Crippen molar-refractivity contribution in [2.45, 2.75) is 72.1 Å². The van der Waals surface area contributed by atoms with Crippen LogP contribution in [-0.4, -0.2) is 6.54 Å². The molecule has 0 amide bonds. The van der Waals surface area contributed by atoms with Crippen molar-refractivity contribution in [1.82, 2.24) is 5.32 Å². The minimum absolute atomic E-state index is 0.801. The largest absolute Gasteiger partial charge is 0.385 e. The smallest absolute Gasteiger partial charge is 0.102 e. The molecule has 0 aromatic carbocycles. The van der Waals surface area contributed by atoms with E-state index in [4.69, 9.17) is 0 Å². The highest BCUT2D eigenvalue weighted by Crippen LogP contribution is 2.44. The highest BCUT2D eigenvalue weighted by molar-refractivity contribution is 7.16. The Hall–Kier alpha value is -1.22. The lowest BCUT2D eigenvalue weighted by Crippen LogP contribution is -2.21. The van der Waals surface area contributed by atoms with Crippen LogP contribution in [0.4, 0.5) is 5.00 Å². The monoisotopic (exact) mass is 372 g/mol. The molecule has 3 heteroatoms. The minimum Gasteiger partial charge on any atom is -0.385 e. The molecule has 1 heterocycles. The Morgan fingerprint density at radius 2 is 2.00 bits per heavy atom. The van der Waals surface area contributed by atoms with Gasteiger partial charge in [0.15, 0.2) is 0 Å². The fourth-order valence-corrected chi connectivity index (χ4v) is 5.36. The van der Waals surface area contributed by atoms with Crippen LogP contribution < -0.4 is 10.6 Å². The summed E-state index contributed by atoms with van der Waals surface area (Å²) >= 11 is 1.94. The van der Waals surface area contributed by atoms with E-state index in [0.717, 1.165) is 48.5 Å². The summed E-state index contributed by atoms with van der Waals surface area (Å²) in [6.07, 6.45) is 9.94. The third-order valence-corrected chi connectivity index (χ3v) is 7.40. The highest BCUT2D eigenvalue weighted by atomic mass is 32.1. The van der Waals surface area contributed by atoms with E-state index in [9.17, 15) is 0 Å². The van der Waals surface area contributed by atoms with Crippen molar-refractivity contribution in [3.8, 4) is 0 Å².